The minimum absolute atomic E-state index is 0.0427. The second kappa shape index (κ2) is 9.86. The molecule has 9 nitrogen and oxygen atoms in total. The van der Waals surface area contributed by atoms with Gasteiger partial charge in [-0.3, -0.25) is 9.20 Å². The van der Waals surface area contributed by atoms with Gasteiger partial charge in [-0.2, -0.15) is 0 Å². The molecule has 0 amide bonds. The van der Waals surface area contributed by atoms with Crippen molar-refractivity contribution in [2.45, 2.75) is 25.0 Å². The van der Waals surface area contributed by atoms with Gasteiger partial charge in [-0.15, -0.1) is 0 Å². The van der Waals surface area contributed by atoms with Gasteiger partial charge in [0.15, 0.2) is 0 Å². The summed E-state index contributed by atoms with van der Waals surface area (Å²) in [6.07, 6.45) is 4.19. The first-order valence-corrected chi connectivity index (χ1v) is 11.8. The third-order valence-corrected chi connectivity index (χ3v) is 6.33. The van der Waals surface area contributed by atoms with Crippen LogP contribution in [-0.2, 0) is 32.7 Å². The van der Waals surface area contributed by atoms with E-state index in [0.717, 1.165) is 5.69 Å². The summed E-state index contributed by atoms with van der Waals surface area (Å²) >= 11 is 0. The SMILES string of the molecule is Cc1cccc2nc(COC(=O)/C=C/c3ccc(S(=O)(=O)NCc4ccco4)cc3)cc(=O)n12. The van der Waals surface area contributed by atoms with Gasteiger partial charge in [0.2, 0.25) is 10.0 Å². The number of sulfonamides is 1. The average Bonchev–Trinajstić information content (AvgIpc) is 3.34. The summed E-state index contributed by atoms with van der Waals surface area (Å²) in [6, 6.07) is 16.0. The van der Waals surface area contributed by atoms with Crippen molar-refractivity contribution in [3.63, 3.8) is 0 Å². The summed E-state index contributed by atoms with van der Waals surface area (Å²) < 4.78 is 39.0. The number of nitrogens with zero attached hydrogens (tertiary/aromatic N) is 2. The number of aryl methyl sites for hydroxylation is 1. The lowest BCUT2D eigenvalue weighted by Crippen LogP contribution is -2.22. The summed E-state index contributed by atoms with van der Waals surface area (Å²) in [7, 11) is -3.71. The van der Waals surface area contributed by atoms with Crippen LogP contribution in [0.2, 0.25) is 0 Å². The summed E-state index contributed by atoms with van der Waals surface area (Å²) in [5, 5.41) is 0. The molecule has 0 atom stereocenters. The first-order chi connectivity index (χ1) is 16.3. The van der Waals surface area contributed by atoms with Gasteiger partial charge >= 0.3 is 5.97 Å². The summed E-state index contributed by atoms with van der Waals surface area (Å²) in [5.41, 5.74) is 1.93. The summed E-state index contributed by atoms with van der Waals surface area (Å²) in [6.45, 7) is 1.70. The van der Waals surface area contributed by atoms with Crippen molar-refractivity contribution in [3.8, 4) is 0 Å². The molecule has 0 spiro atoms. The highest BCUT2D eigenvalue weighted by atomic mass is 32.2. The van der Waals surface area contributed by atoms with Crippen LogP contribution in [0.4, 0.5) is 0 Å². The topological polar surface area (TPSA) is 120 Å². The number of carbonyl (C=O) groups is 1. The third kappa shape index (κ3) is 5.48. The number of ether oxygens (including phenoxy) is 1. The molecule has 0 aliphatic heterocycles. The molecule has 0 saturated carbocycles. The zero-order valence-corrected chi connectivity index (χ0v) is 19.0. The monoisotopic (exact) mass is 479 g/mol. The fourth-order valence-electron chi connectivity index (χ4n) is 3.22. The molecule has 1 N–H and O–H groups in total. The van der Waals surface area contributed by atoms with Crippen molar-refractivity contribution in [2.24, 2.45) is 0 Å². The van der Waals surface area contributed by atoms with Gasteiger partial charge in [0.25, 0.3) is 5.56 Å². The molecule has 1 aromatic carbocycles. The Kier molecular flexibility index (Phi) is 6.71. The zero-order valence-electron chi connectivity index (χ0n) is 18.2. The zero-order chi connectivity index (χ0) is 24.1. The van der Waals surface area contributed by atoms with Crippen LogP contribution in [-0.4, -0.2) is 23.8 Å². The lowest BCUT2D eigenvalue weighted by Gasteiger charge is -2.07. The molecule has 174 valence electrons. The Morgan fingerprint density at radius 2 is 1.94 bits per heavy atom. The van der Waals surface area contributed by atoms with Crippen molar-refractivity contribution in [1.82, 2.24) is 14.1 Å². The van der Waals surface area contributed by atoms with Crippen LogP contribution in [0.15, 0.2) is 87.1 Å². The Hall–Kier alpha value is -4.02. The van der Waals surface area contributed by atoms with E-state index in [1.54, 1.807) is 49.4 Å². The molecule has 0 saturated heterocycles. The predicted octanol–water partition coefficient (Wildman–Crippen LogP) is 2.83. The average molecular weight is 480 g/mol. The summed E-state index contributed by atoms with van der Waals surface area (Å²) in [5.74, 6) is -0.121. The Morgan fingerprint density at radius 3 is 2.68 bits per heavy atom. The molecule has 0 aliphatic rings. The highest BCUT2D eigenvalue weighted by Crippen LogP contribution is 2.13. The molecular formula is C24H21N3O6S. The van der Waals surface area contributed by atoms with E-state index in [0.29, 0.717) is 22.7 Å². The van der Waals surface area contributed by atoms with Gasteiger partial charge in [-0.1, -0.05) is 18.2 Å². The standard InChI is InChI=1S/C24H21N3O6S/c1-17-4-2-6-22-26-19(14-23(28)27(17)22)16-33-24(29)12-9-18-7-10-21(11-8-18)34(30,31)25-15-20-5-3-13-32-20/h2-14,25H,15-16H2,1H3/b12-9+. The van der Waals surface area contributed by atoms with Crippen LogP contribution in [0.25, 0.3) is 11.7 Å². The Morgan fingerprint density at radius 1 is 1.15 bits per heavy atom. The Bertz CT molecular complexity index is 1500. The number of pyridine rings is 1. The Labute approximate surface area is 195 Å². The van der Waals surface area contributed by atoms with Crippen LogP contribution in [0.5, 0.6) is 0 Å². The van der Waals surface area contributed by atoms with Crippen LogP contribution in [0.1, 0.15) is 22.7 Å². The van der Waals surface area contributed by atoms with Crippen LogP contribution in [0, 0.1) is 6.92 Å². The van der Waals surface area contributed by atoms with Crippen molar-refractivity contribution in [1.29, 1.82) is 0 Å². The van der Waals surface area contributed by atoms with E-state index >= 15 is 0 Å². The van der Waals surface area contributed by atoms with E-state index < -0.39 is 16.0 Å². The van der Waals surface area contributed by atoms with E-state index in [9.17, 15) is 18.0 Å². The number of furan rings is 1. The van der Waals surface area contributed by atoms with Gasteiger partial charge in [-0.25, -0.2) is 22.9 Å². The van der Waals surface area contributed by atoms with Crippen molar-refractivity contribution >= 4 is 27.7 Å². The maximum atomic E-state index is 12.4. The summed E-state index contributed by atoms with van der Waals surface area (Å²) in [4.78, 5) is 28.8. The second-order valence-electron chi connectivity index (χ2n) is 7.36. The molecule has 4 aromatic rings. The number of hydrogen-bond donors (Lipinski definition) is 1. The van der Waals surface area contributed by atoms with Crippen molar-refractivity contribution in [3.05, 3.63) is 106 Å². The molecule has 4 rings (SSSR count). The molecule has 0 radical (unpaired) electrons. The van der Waals surface area contributed by atoms with E-state index in [1.165, 1.54) is 41.0 Å². The molecule has 3 aromatic heterocycles. The number of fused-ring (bicyclic) bond motifs is 1. The van der Waals surface area contributed by atoms with Crippen LogP contribution in [0.3, 0.4) is 0 Å². The first kappa shape index (κ1) is 23.1. The van der Waals surface area contributed by atoms with Gasteiger partial charge in [0.05, 0.1) is 23.4 Å². The molecule has 0 fully saturated rings. The number of benzene rings is 1. The fourth-order valence-corrected chi connectivity index (χ4v) is 4.21. The highest BCUT2D eigenvalue weighted by Gasteiger charge is 2.14. The van der Waals surface area contributed by atoms with E-state index in [2.05, 4.69) is 9.71 Å². The van der Waals surface area contributed by atoms with E-state index in [-0.39, 0.29) is 23.6 Å². The van der Waals surface area contributed by atoms with Gasteiger partial charge in [0.1, 0.15) is 18.0 Å². The van der Waals surface area contributed by atoms with Crippen molar-refractivity contribution < 1.29 is 22.4 Å². The highest BCUT2D eigenvalue weighted by molar-refractivity contribution is 7.89. The van der Waals surface area contributed by atoms with E-state index in [1.807, 2.05) is 0 Å². The van der Waals surface area contributed by atoms with Crippen LogP contribution < -0.4 is 10.3 Å². The van der Waals surface area contributed by atoms with Gasteiger partial charge < -0.3 is 9.15 Å². The minimum Gasteiger partial charge on any atom is -0.468 e. The molecule has 0 aliphatic carbocycles. The van der Waals surface area contributed by atoms with Crippen LogP contribution >= 0.6 is 0 Å². The van der Waals surface area contributed by atoms with Crippen molar-refractivity contribution in [2.75, 3.05) is 0 Å². The Balaban J connectivity index is 1.35. The minimum atomic E-state index is -3.71. The molecule has 3 heterocycles. The number of aromatic nitrogens is 2. The molecule has 34 heavy (non-hydrogen) atoms. The molecular weight excluding hydrogens is 458 g/mol. The van der Waals surface area contributed by atoms with E-state index in [4.69, 9.17) is 9.15 Å². The second-order valence-corrected chi connectivity index (χ2v) is 9.13. The number of nitrogens with one attached hydrogen (secondary N) is 1. The van der Waals surface area contributed by atoms with Gasteiger partial charge in [0, 0.05) is 17.8 Å². The predicted molar refractivity (Wildman–Crippen MR) is 124 cm³/mol. The third-order valence-electron chi connectivity index (χ3n) is 4.91. The number of rotatable bonds is 8. The normalized spacial score (nSPS) is 11.8. The molecule has 0 unspecified atom stereocenters. The molecule has 0 bridgehead atoms. The number of hydrogen-bond acceptors (Lipinski definition) is 7. The number of esters is 1. The van der Waals surface area contributed by atoms with Gasteiger partial charge in [-0.05, 0) is 55.0 Å². The first-order valence-electron chi connectivity index (χ1n) is 10.3. The lowest BCUT2D eigenvalue weighted by molar-refractivity contribution is -0.139. The lowest BCUT2D eigenvalue weighted by atomic mass is 10.2. The maximum absolute atomic E-state index is 12.4. The largest absolute Gasteiger partial charge is 0.468 e. The fraction of sp³-hybridized carbons (Fsp3) is 0.125. The number of carbonyl (C=O) groups excluding carboxylic acids is 1. The maximum Gasteiger partial charge on any atom is 0.331 e. The molecule has 10 heteroatoms. The smallest absolute Gasteiger partial charge is 0.331 e. The quantitative estimate of drug-likeness (QED) is 0.305.